The van der Waals surface area contributed by atoms with E-state index in [0.29, 0.717) is 28.4 Å². The Hall–Kier alpha value is -2.65. The molecule has 1 aromatic carbocycles. The second-order valence-corrected chi connectivity index (χ2v) is 8.17. The van der Waals surface area contributed by atoms with E-state index < -0.39 is 10.0 Å². The predicted octanol–water partition coefficient (Wildman–Crippen LogP) is 3.34. The van der Waals surface area contributed by atoms with Crippen molar-refractivity contribution in [1.29, 1.82) is 0 Å². The fourth-order valence-corrected chi connectivity index (χ4v) is 3.30. The van der Waals surface area contributed by atoms with Gasteiger partial charge in [0.2, 0.25) is 10.0 Å². The third kappa shape index (κ3) is 4.46. The molecule has 2 N–H and O–H groups in total. The van der Waals surface area contributed by atoms with E-state index in [1.54, 1.807) is 24.3 Å². The molecular formula is C16H15N3O4S2. The number of hydrogen-bond acceptors (Lipinski definition) is 6. The molecule has 0 radical (unpaired) electrons. The van der Waals surface area contributed by atoms with E-state index in [4.69, 9.17) is 4.42 Å². The van der Waals surface area contributed by atoms with Crippen LogP contribution >= 0.6 is 11.3 Å². The van der Waals surface area contributed by atoms with Crippen LogP contribution in [0.1, 0.15) is 15.4 Å². The van der Waals surface area contributed by atoms with Crippen molar-refractivity contribution in [1.82, 2.24) is 4.98 Å². The first-order valence-corrected chi connectivity index (χ1v) is 9.97. The highest BCUT2D eigenvalue weighted by atomic mass is 32.2. The number of anilines is 2. The molecular weight excluding hydrogens is 362 g/mol. The van der Waals surface area contributed by atoms with Crippen molar-refractivity contribution in [3.63, 3.8) is 0 Å². The van der Waals surface area contributed by atoms with Gasteiger partial charge in [-0.1, -0.05) is 6.07 Å². The second kappa shape index (κ2) is 6.69. The van der Waals surface area contributed by atoms with Crippen LogP contribution in [0.15, 0.2) is 46.4 Å². The van der Waals surface area contributed by atoms with Crippen LogP contribution in [0.4, 0.5) is 11.4 Å². The Labute approximate surface area is 148 Å². The molecule has 0 spiro atoms. The van der Waals surface area contributed by atoms with Crippen LogP contribution < -0.4 is 10.0 Å². The highest BCUT2D eigenvalue weighted by molar-refractivity contribution is 7.92. The second-order valence-electron chi connectivity index (χ2n) is 5.36. The van der Waals surface area contributed by atoms with Crippen molar-refractivity contribution < 1.29 is 17.6 Å². The minimum Gasteiger partial charge on any atom is -0.462 e. The monoisotopic (exact) mass is 377 g/mol. The molecule has 3 rings (SSSR count). The van der Waals surface area contributed by atoms with Crippen LogP contribution in [0.2, 0.25) is 0 Å². The van der Waals surface area contributed by atoms with Crippen LogP contribution in [0, 0.1) is 6.92 Å². The molecule has 0 saturated heterocycles. The molecule has 2 aromatic heterocycles. The van der Waals surface area contributed by atoms with Crippen molar-refractivity contribution >= 4 is 38.6 Å². The van der Waals surface area contributed by atoms with Gasteiger partial charge in [0, 0.05) is 11.1 Å². The summed E-state index contributed by atoms with van der Waals surface area (Å²) in [6.45, 7) is 1.89. The Balaban J connectivity index is 1.74. The molecule has 25 heavy (non-hydrogen) atoms. The number of sulfonamides is 1. The minimum atomic E-state index is -3.38. The number of nitrogens with one attached hydrogen (secondary N) is 2. The normalized spacial score (nSPS) is 11.3. The van der Waals surface area contributed by atoms with E-state index in [2.05, 4.69) is 15.0 Å². The summed E-state index contributed by atoms with van der Waals surface area (Å²) in [5, 5.41) is 5.47. The Morgan fingerprint density at radius 1 is 1.24 bits per heavy atom. The maximum absolute atomic E-state index is 12.3. The third-order valence-corrected chi connectivity index (χ3v) is 4.54. The summed E-state index contributed by atoms with van der Waals surface area (Å²) < 4.78 is 30.3. The topological polar surface area (TPSA) is 101 Å². The molecule has 7 nitrogen and oxygen atoms in total. The number of thiazole rings is 1. The number of aryl methyl sites for hydroxylation is 1. The van der Waals surface area contributed by atoms with E-state index >= 15 is 0 Å². The van der Waals surface area contributed by atoms with Gasteiger partial charge in [0.05, 0.1) is 22.5 Å². The molecule has 0 fully saturated rings. The van der Waals surface area contributed by atoms with Crippen molar-refractivity contribution in [2.45, 2.75) is 6.92 Å². The Morgan fingerprint density at radius 3 is 2.68 bits per heavy atom. The number of hydrogen-bond donors (Lipinski definition) is 2. The highest BCUT2D eigenvalue weighted by Gasteiger charge is 2.14. The first-order valence-electron chi connectivity index (χ1n) is 7.20. The average Bonchev–Trinajstić information content (AvgIpc) is 3.14. The van der Waals surface area contributed by atoms with Crippen LogP contribution in [0.3, 0.4) is 0 Å². The molecule has 0 atom stereocenters. The molecule has 3 aromatic rings. The lowest BCUT2D eigenvalue weighted by atomic mass is 10.2. The van der Waals surface area contributed by atoms with Crippen LogP contribution in [-0.4, -0.2) is 25.6 Å². The van der Waals surface area contributed by atoms with Crippen molar-refractivity contribution in [3.05, 3.63) is 52.5 Å². The van der Waals surface area contributed by atoms with Gasteiger partial charge in [0.15, 0.2) is 5.76 Å². The molecule has 0 aliphatic carbocycles. The molecule has 0 unspecified atom stereocenters. The summed E-state index contributed by atoms with van der Waals surface area (Å²) in [7, 11) is -3.38. The molecule has 1 amide bonds. The molecule has 0 aliphatic rings. The Bertz CT molecular complexity index is 1020. The minimum absolute atomic E-state index is 0.349. The van der Waals surface area contributed by atoms with E-state index in [1.807, 2.05) is 12.3 Å². The smallest absolute Gasteiger partial charge is 0.258 e. The van der Waals surface area contributed by atoms with Gasteiger partial charge in [-0.25, -0.2) is 13.4 Å². The predicted molar refractivity (Wildman–Crippen MR) is 97.4 cm³/mol. The van der Waals surface area contributed by atoms with E-state index in [9.17, 15) is 13.2 Å². The lowest BCUT2D eigenvalue weighted by Gasteiger charge is -2.07. The number of furan rings is 1. The molecule has 130 valence electrons. The number of nitrogens with zero attached hydrogens (tertiary/aromatic N) is 1. The van der Waals surface area contributed by atoms with Crippen molar-refractivity contribution in [2.75, 3.05) is 16.3 Å². The molecule has 9 heteroatoms. The standard InChI is InChI=1S/C16H15N3O4S2/c1-10-17-14(9-24-10)15-6-11(8-23-15)16(20)18-12-4-3-5-13(7-12)19-25(2,21)22/h3-9,19H,1-2H3,(H,18,20). The summed E-state index contributed by atoms with van der Waals surface area (Å²) in [6, 6.07) is 8.04. The fourth-order valence-electron chi connectivity index (χ4n) is 2.14. The van der Waals surface area contributed by atoms with Gasteiger partial charge < -0.3 is 9.73 Å². The van der Waals surface area contributed by atoms with Gasteiger partial charge >= 0.3 is 0 Å². The summed E-state index contributed by atoms with van der Waals surface area (Å²) in [5.74, 6) is 0.153. The number of amides is 1. The summed E-state index contributed by atoms with van der Waals surface area (Å²) in [4.78, 5) is 16.6. The number of carbonyl (C=O) groups excluding carboxylic acids is 1. The largest absolute Gasteiger partial charge is 0.462 e. The van der Waals surface area contributed by atoms with E-state index in [-0.39, 0.29) is 5.91 Å². The molecule has 2 heterocycles. The number of carbonyl (C=O) groups is 1. The quantitative estimate of drug-likeness (QED) is 0.710. The van der Waals surface area contributed by atoms with Crippen LogP contribution in [0.25, 0.3) is 11.5 Å². The van der Waals surface area contributed by atoms with E-state index in [0.717, 1.165) is 11.3 Å². The van der Waals surface area contributed by atoms with Gasteiger partial charge in [-0.2, -0.15) is 0 Å². The van der Waals surface area contributed by atoms with Gasteiger partial charge in [-0.15, -0.1) is 11.3 Å². The van der Waals surface area contributed by atoms with Crippen molar-refractivity contribution in [3.8, 4) is 11.5 Å². The maximum atomic E-state index is 12.3. The number of rotatable bonds is 5. The maximum Gasteiger partial charge on any atom is 0.258 e. The Kier molecular flexibility index (Phi) is 4.60. The van der Waals surface area contributed by atoms with Gasteiger partial charge in [-0.05, 0) is 31.2 Å². The zero-order valence-corrected chi connectivity index (χ0v) is 15.1. The Morgan fingerprint density at radius 2 is 2.00 bits per heavy atom. The van der Waals surface area contributed by atoms with Crippen LogP contribution in [0.5, 0.6) is 0 Å². The van der Waals surface area contributed by atoms with E-state index in [1.165, 1.54) is 23.7 Å². The highest BCUT2D eigenvalue weighted by Crippen LogP contribution is 2.24. The van der Waals surface area contributed by atoms with Gasteiger partial charge in [-0.3, -0.25) is 9.52 Å². The van der Waals surface area contributed by atoms with Gasteiger partial charge in [0.1, 0.15) is 12.0 Å². The molecule has 0 aliphatic heterocycles. The summed E-state index contributed by atoms with van der Waals surface area (Å²) >= 11 is 1.50. The average molecular weight is 377 g/mol. The summed E-state index contributed by atoms with van der Waals surface area (Å²) in [5.41, 5.74) is 1.86. The third-order valence-electron chi connectivity index (χ3n) is 3.16. The fraction of sp³-hybridized carbons (Fsp3) is 0.125. The first-order chi connectivity index (χ1) is 11.8. The SMILES string of the molecule is Cc1nc(-c2cc(C(=O)Nc3cccc(NS(C)(=O)=O)c3)co2)cs1. The van der Waals surface area contributed by atoms with Gasteiger partial charge in [0.25, 0.3) is 5.91 Å². The van der Waals surface area contributed by atoms with Crippen molar-refractivity contribution in [2.24, 2.45) is 0 Å². The zero-order chi connectivity index (χ0) is 18.0. The zero-order valence-electron chi connectivity index (χ0n) is 13.4. The number of benzene rings is 1. The lowest BCUT2D eigenvalue weighted by Crippen LogP contribution is -2.12. The van der Waals surface area contributed by atoms with Crippen LogP contribution in [-0.2, 0) is 10.0 Å². The molecule has 0 bridgehead atoms. The first kappa shape index (κ1) is 17.2. The lowest BCUT2D eigenvalue weighted by molar-refractivity contribution is 0.102. The number of aromatic nitrogens is 1. The summed E-state index contributed by atoms with van der Waals surface area (Å²) in [6.07, 6.45) is 2.42. The molecule has 0 saturated carbocycles.